The van der Waals surface area contributed by atoms with Gasteiger partial charge in [0.2, 0.25) is 0 Å². The van der Waals surface area contributed by atoms with E-state index >= 15 is 0 Å². The van der Waals surface area contributed by atoms with Crippen LogP contribution in [0.5, 0.6) is 0 Å². The van der Waals surface area contributed by atoms with Gasteiger partial charge in [-0.15, -0.1) is 17.9 Å². The molecular formula is C11H24P4. The average molecular weight is 280 g/mol. The second-order valence-electron chi connectivity index (χ2n) is 5.53. The molecule has 0 nitrogen and oxygen atoms in total. The molecule has 0 aliphatic heterocycles. The molecule has 2 rings (SSSR count). The number of hydrogen-bond donors (Lipinski definition) is 0. The van der Waals surface area contributed by atoms with E-state index < -0.39 is 0 Å². The Morgan fingerprint density at radius 1 is 1.27 bits per heavy atom. The quantitative estimate of drug-likeness (QED) is 0.595. The van der Waals surface area contributed by atoms with Gasteiger partial charge in [0, 0.05) is 0 Å². The molecule has 2 aliphatic rings. The molecule has 2 saturated carbocycles. The fourth-order valence-corrected chi connectivity index (χ4v) is 9.78. The molecule has 0 N–H and O–H groups in total. The van der Waals surface area contributed by atoms with Crippen LogP contribution < -0.4 is 0 Å². The van der Waals surface area contributed by atoms with Gasteiger partial charge in [0.25, 0.3) is 0 Å². The molecule has 6 atom stereocenters. The molecule has 1 spiro atoms. The smallest absolute Gasteiger partial charge is 0.0110 e. The molecule has 0 saturated heterocycles. The zero-order valence-electron chi connectivity index (χ0n) is 9.71. The van der Waals surface area contributed by atoms with Crippen molar-refractivity contribution in [2.45, 2.75) is 57.5 Å². The molecule has 15 heavy (non-hydrogen) atoms. The molecular weight excluding hydrogens is 256 g/mol. The Kier molecular flexibility index (Phi) is 4.89. The van der Waals surface area contributed by atoms with Crippen LogP contribution in [0.2, 0.25) is 0 Å². The maximum atomic E-state index is 3.15. The minimum absolute atomic E-state index is 0.240. The Morgan fingerprint density at radius 2 is 1.93 bits per heavy atom. The second-order valence-corrected chi connectivity index (χ2v) is 15.1. The Labute approximate surface area is 102 Å². The van der Waals surface area contributed by atoms with Crippen LogP contribution in [0.3, 0.4) is 0 Å². The Bertz CT molecular complexity index is 213. The van der Waals surface area contributed by atoms with Crippen molar-refractivity contribution < 1.29 is 0 Å². The van der Waals surface area contributed by atoms with E-state index in [1.165, 1.54) is 19.3 Å². The van der Waals surface area contributed by atoms with Crippen LogP contribution in [0.4, 0.5) is 0 Å². The standard InChI is InChI=1S/C11H24P4/c1-9-8-11(5-2-3-6-11)7-4-10(9)15(13)14-12/h9-10,14H,2-8,12-13H2,1H3/t9-,10+,15?/m1/s1. The van der Waals surface area contributed by atoms with Crippen molar-refractivity contribution in [2.24, 2.45) is 11.3 Å². The third-order valence-corrected chi connectivity index (χ3v) is 16.1. The summed E-state index contributed by atoms with van der Waals surface area (Å²) in [6.07, 6.45) is 10.7. The number of hydrogen-bond acceptors (Lipinski definition) is 0. The highest BCUT2D eigenvalue weighted by Crippen LogP contribution is 2.73. The van der Waals surface area contributed by atoms with Gasteiger partial charge in [-0.2, -0.15) is 0 Å². The Balaban J connectivity index is 1.96. The molecule has 88 valence electrons. The first-order valence-corrected chi connectivity index (χ1v) is 12.9. The van der Waals surface area contributed by atoms with Crippen LogP contribution in [-0.2, 0) is 0 Å². The zero-order chi connectivity index (χ0) is 10.9. The summed E-state index contributed by atoms with van der Waals surface area (Å²) in [5.74, 6) is 0.994. The lowest BCUT2D eigenvalue weighted by molar-refractivity contribution is 0.157. The predicted octanol–water partition coefficient (Wildman–Crippen LogP) is 5.39. The van der Waals surface area contributed by atoms with Crippen molar-refractivity contribution in [2.75, 3.05) is 0 Å². The summed E-state index contributed by atoms with van der Waals surface area (Å²) < 4.78 is 0. The van der Waals surface area contributed by atoms with E-state index in [0.717, 1.165) is 24.9 Å². The van der Waals surface area contributed by atoms with E-state index in [4.69, 9.17) is 0 Å². The summed E-state index contributed by atoms with van der Waals surface area (Å²) in [6, 6.07) is 0. The summed E-state index contributed by atoms with van der Waals surface area (Å²) in [6.45, 7) is 2.52. The molecule has 0 heterocycles. The van der Waals surface area contributed by atoms with Crippen LogP contribution in [0.1, 0.15) is 51.9 Å². The molecule has 0 bridgehead atoms. The van der Waals surface area contributed by atoms with Gasteiger partial charge < -0.3 is 0 Å². The van der Waals surface area contributed by atoms with Crippen LogP contribution in [-0.4, -0.2) is 5.66 Å². The summed E-state index contributed by atoms with van der Waals surface area (Å²) in [4.78, 5) is 0. The molecule has 0 aromatic rings. The molecule has 0 radical (unpaired) electrons. The summed E-state index contributed by atoms with van der Waals surface area (Å²) in [5, 5.41) is 0. The highest BCUT2D eigenvalue weighted by molar-refractivity contribution is 8.61. The Morgan fingerprint density at radius 3 is 2.47 bits per heavy atom. The van der Waals surface area contributed by atoms with Crippen molar-refractivity contribution in [1.82, 2.24) is 0 Å². The van der Waals surface area contributed by atoms with Gasteiger partial charge in [-0.05, 0) is 49.1 Å². The first-order chi connectivity index (χ1) is 7.17. The molecule has 4 unspecified atom stereocenters. The first-order valence-electron chi connectivity index (χ1n) is 6.17. The highest BCUT2D eigenvalue weighted by atomic mass is 32.6. The van der Waals surface area contributed by atoms with E-state index in [9.17, 15) is 0 Å². The average Bonchev–Trinajstić information content (AvgIpc) is 2.65. The van der Waals surface area contributed by atoms with Crippen LogP contribution in [0, 0.1) is 11.3 Å². The number of rotatable bonds is 2. The Hall–Kier alpha value is 1.72. The molecule has 2 fully saturated rings. The largest absolute Gasteiger partial charge is 0.110 e. The fourth-order valence-electron chi connectivity index (χ4n) is 3.75. The fraction of sp³-hybridized carbons (Fsp3) is 1.00. The molecule has 0 aromatic heterocycles. The summed E-state index contributed by atoms with van der Waals surface area (Å²) >= 11 is 0. The molecule has 0 amide bonds. The predicted molar refractivity (Wildman–Crippen MR) is 82.4 cm³/mol. The van der Waals surface area contributed by atoms with Crippen LogP contribution >= 0.6 is 33.1 Å². The van der Waals surface area contributed by atoms with Gasteiger partial charge in [0.15, 0.2) is 0 Å². The van der Waals surface area contributed by atoms with E-state index in [2.05, 4.69) is 24.8 Å². The topological polar surface area (TPSA) is 0 Å². The molecule has 4 heteroatoms. The van der Waals surface area contributed by atoms with Gasteiger partial charge in [-0.25, -0.2) is 0 Å². The maximum absolute atomic E-state index is 3.15. The van der Waals surface area contributed by atoms with Crippen LogP contribution in [0.25, 0.3) is 0 Å². The normalized spacial score (nSPS) is 37.8. The van der Waals surface area contributed by atoms with Gasteiger partial charge >= 0.3 is 0 Å². The lowest BCUT2D eigenvalue weighted by atomic mass is 9.69. The van der Waals surface area contributed by atoms with Gasteiger partial charge in [-0.1, -0.05) is 35.0 Å². The van der Waals surface area contributed by atoms with E-state index in [1.807, 2.05) is 0 Å². The van der Waals surface area contributed by atoms with E-state index in [1.54, 1.807) is 25.7 Å². The maximum Gasteiger partial charge on any atom is -0.0110 e. The highest BCUT2D eigenvalue weighted by Gasteiger charge is 2.41. The lowest BCUT2D eigenvalue weighted by Crippen LogP contribution is -2.31. The van der Waals surface area contributed by atoms with E-state index in [-0.39, 0.29) is 7.30 Å². The molecule has 0 aromatic carbocycles. The van der Waals surface area contributed by atoms with Crippen molar-refractivity contribution in [3.63, 3.8) is 0 Å². The third-order valence-electron chi connectivity index (χ3n) is 4.55. The third kappa shape index (κ3) is 2.94. The minimum Gasteiger partial charge on any atom is -0.110 e. The van der Waals surface area contributed by atoms with Crippen molar-refractivity contribution >= 4 is 33.1 Å². The minimum atomic E-state index is 0.240. The molecule has 2 aliphatic carbocycles. The van der Waals surface area contributed by atoms with Gasteiger partial charge in [-0.3, -0.25) is 0 Å². The van der Waals surface area contributed by atoms with Crippen molar-refractivity contribution in [3.8, 4) is 0 Å². The van der Waals surface area contributed by atoms with E-state index in [0.29, 0.717) is 0 Å². The summed E-state index contributed by atoms with van der Waals surface area (Å²) in [5.41, 5.74) is 1.85. The van der Waals surface area contributed by atoms with Crippen LogP contribution in [0.15, 0.2) is 0 Å². The SMILES string of the molecule is C[C@@H]1CC2(CCCC2)CC[C@@H]1P(P)PP. The lowest BCUT2D eigenvalue weighted by Gasteiger charge is -2.43. The van der Waals surface area contributed by atoms with Crippen molar-refractivity contribution in [3.05, 3.63) is 0 Å². The van der Waals surface area contributed by atoms with Gasteiger partial charge in [0.05, 0.1) is 0 Å². The first kappa shape index (κ1) is 13.2. The second kappa shape index (κ2) is 5.57. The van der Waals surface area contributed by atoms with Gasteiger partial charge in [0.1, 0.15) is 0 Å². The van der Waals surface area contributed by atoms with Crippen molar-refractivity contribution in [1.29, 1.82) is 0 Å². The zero-order valence-corrected chi connectivity index (χ0v) is 13.9. The monoisotopic (exact) mass is 280 g/mol. The summed E-state index contributed by atoms with van der Waals surface area (Å²) in [7, 11) is 7.45.